The topological polar surface area (TPSA) is 34.9 Å². The van der Waals surface area contributed by atoms with Gasteiger partial charge in [-0.05, 0) is 42.5 Å². The van der Waals surface area contributed by atoms with E-state index in [9.17, 15) is 4.79 Å². The molecule has 6 heteroatoms. The summed E-state index contributed by atoms with van der Waals surface area (Å²) in [7, 11) is 0. The van der Waals surface area contributed by atoms with Gasteiger partial charge >= 0.3 is 0 Å². The van der Waals surface area contributed by atoms with Crippen LogP contribution in [0.5, 0.6) is 0 Å². The lowest BCUT2D eigenvalue weighted by Crippen LogP contribution is -2.21. The molecule has 2 aromatic carbocycles. The zero-order chi connectivity index (χ0) is 16.4. The van der Waals surface area contributed by atoms with Crippen molar-refractivity contribution in [1.82, 2.24) is 9.55 Å². The zero-order valence-electron chi connectivity index (χ0n) is 12.0. The highest BCUT2D eigenvalue weighted by Gasteiger charge is 2.13. The highest BCUT2D eigenvalue weighted by molar-refractivity contribution is 7.99. The Labute approximate surface area is 147 Å². The second-order valence-electron chi connectivity index (χ2n) is 4.77. The van der Waals surface area contributed by atoms with Crippen LogP contribution in [0.25, 0.3) is 16.6 Å². The van der Waals surface area contributed by atoms with Crippen LogP contribution >= 0.6 is 35.0 Å². The van der Waals surface area contributed by atoms with E-state index in [-0.39, 0.29) is 5.56 Å². The van der Waals surface area contributed by atoms with Crippen LogP contribution in [-0.4, -0.2) is 15.3 Å². The molecule has 23 heavy (non-hydrogen) atoms. The molecule has 0 unspecified atom stereocenters. The molecule has 1 aromatic heterocycles. The van der Waals surface area contributed by atoms with Crippen molar-refractivity contribution in [2.75, 3.05) is 5.75 Å². The van der Waals surface area contributed by atoms with Crippen molar-refractivity contribution in [3.63, 3.8) is 0 Å². The number of fused-ring (bicyclic) bond motifs is 1. The second-order valence-corrected chi connectivity index (χ2v) is 6.63. The number of thioether (sulfide) groups is 1. The summed E-state index contributed by atoms with van der Waals surface area (Å²) >= 11 is 13.4. The minimum atomic E-state index is -0.138. The number of halogens is 2. The lowest BCUT2D eigenvalue weighted by molar-refractivity contribution is 0.821. The molecule has 0 amide bonds. The van der Waals surface area contributed by atoms with Gasteiger partial charge in [0.25, 0.3) is 5.56 Å². The number of hydrogen-bond acceptors (Lipinski definition) is 3. The molecule has 0 fully saturated rings. The van der Waals surface area contributed by atoms with Crippen LogP contribution in [0.2, 0.25) is 10.0 Å². The Hall–Kier alpha value is -1.75. The highest BCUT2D eigenvalue weighted by Crippen LogP contribution is 2.23. The molecule has 0 aliphatic carbocycles. The van der Waals surface area contributed by atoms with E-state index >= 15 is 0 Å². The monoisotopic (exact) mass is 362 g/mol. The predicted octanol–water partition coefficient (Wildman–Crippen LogP) is 4.97. The van der Waals surface area contributed by atoms with Crippen LogP contribution in [-0.2, 0) is 0 Å². The molecule has 3 aromatic rings. The summed E-state index contributed by atoms with van der Waals surface area (Å²) < 4.78 is 1.58. The van der Waals surface area contributed by atoms with Gasteiger partial charge in [-0.1, -0.05) is 41.0 Å². The van der Waals surface area contributed by atoms with Gasteiger partial charge in [-0.2, -0.15) is 0 Å². The van der Waals surface area contributed by atoms with Gasteiger partial charge in [0, 0.05) is 15.8 Å². The van der Waals surface area contributed by atoms with Gasteiger partial charge in [0.05, 0.1) is 16.6 Å². The van der Waals surface area contributed by atoms with Crippen LogP contribution < -0.4 is 5.56 Å². The molecule has 0 aliphatic heterocycles. The van der Waals surface area contributed by atoms with E-state index in [0.29, 0.717) is 31.9 Å². The first-order valence-electron chi connectivity index (χ1n) is 6.82. The zero-order valence-corrected chi connectivity index (χ0v) is 14.3. The first kappa shape index (κ1) is 16.1. The number of benzene rings is 2. The third-order valence-corrected chi connectivity index (χ3v) is 4.64. The van der Waals surface area contributed by atoms with Crippen LogP contribution in [0, 0.1) is 0 Å². The predicted molar refractivity (Wildman–Crippen MR) is 98.3 cm³/mol. The Morgan fingerprint density at radius 3 is 2.52 bits per heavy atom. The van der Waals surface area contributed by atoms with E-state index in [1.54, 1.807) is 53.1 Å². The summed E-state index contributed by atoms with van der Waals surface area (Å²) in [5, 5.41) is 2.27. The van der Waals surface area contributed by atoms with E-state index in [1.165, 1.54) is 11.8 Å². The number of nitrogens with zero attached hydrogens (tertiary/aromatic N) is 2. The Bertz CT molecular complexity index is 936. The third kappa shape index (κ3) is 3.29. The number of rotatable bonds is 4. The van der Waals surface area contributed by atoms with Crippen molar-refractivity contribution in [3.8, 4) is 5.69 Å². The van der Waals surface area contributed by atoms with E-state index in [1.807, 2.05) is 0 Å². The summed E-state index contributed by atoms with van der Waals surface area (Å²) in [5.41, 5.74) is 1.16. The maximum atomic E-state index is 12.9. The van der Waals surface area contributed by atoms with Crippen molar-refractivity contribution >= 4 is 45.9 Å². The number of aromatic nitrogens is 2. The quantitative estimate of drug-likeness (QED) is 0.373. The van der Waals surface area contributed by atoms with Crippen LogP contribution in [0.15, 0.2) is 65.1 Å². The molecule has 0 aliphatic rings. The van der Waals surface area contributed by atoms with E-state index in [4.69, 9.17) is 23.2 Å². The molecule has 0 N–H and O–H groups in total. The Morgan fingerprint density at radius 1 is 1.13 bits per heavy atom. The largest absolute Gasteiger partial charge is 0.268 e. The molecule has 0 bridgehead atoms. The Kier molecular flexibility index (Phi) is 4.76. The summed E-state index contributed by atoms with van der Waals surface area (Å²) in [6.45, 7) is 3.71. The minimum Gasteiger partial charge on any atom is -0.268 e. The van der Waals surface area contributed by atoms with E-state index < -0.39 is 0 Å². The first-order chi connectivity index (χ1) is 11.1. The van der Waals surface area contributed by atoms with E-state index in [0.717, 1.165) is 5.69 Å². The Morgan fingerprint density at radius 2 is 1.83 bits per heavy atom. The lowest BCUT2D eigenvalue weighted by atomic mass is 10.2. The lowest BCUT2D eigenvalue weighted by Gasteiger charge is -2.13. The van der Waals surface area contributed by atoms with Gasteiger partial charge in [-0.3, -0.25) is 9.36 Å². The standard InChI is InChI=1S/C17H12Cl2N2OS/c1-2-9-23-17-20-15-10-12(19)5-8-14(15)16(22)21(17)13-6-3-11(18)4-7-13/h2-8,10H,1,9H2. The first-order valence-corrected chi connectivity index (χ1v) is 8.56. The molecule has 1 heterocycles. The Balaban J connectivity index is 2.30. The number of hydrogen-bond donors (Lipinski definition) is 0. The van der Waals surface area contributed by atoms with Crippen molar-refractivity contribution in [2.24, 2.45) is 0 Å². The van der Waals surface area contributed by atoms with Crippen LogP contribution in [0.3, 0.4) is 0 Å². The summed E-state index contributed by atoms with van der Waals surface area (Å²) in [6, 6.07) is 12.2. The third-order valence-electron chi connectivity index (χ3n) is 3.22. The minimum absolute atomic E-state index is 0.138. The molecular formula is C17H12Cl2N2OS. The molecule has 116 valence electrons. The van der Waals surface area contributed by atoms with Gasteiger partial charge in [0.15, 0.2) is 5.16 Å². The molecule has 0 spiro atoms. The van der Waals surface area contributed by atoms with Crippen molar-refractivity contribution in [1.29, 1.82) is 0 Å². The SMILES string of the molecule is C=CCSc1nc2cc(Cl)ccc2c(=O)n1-c1ccc(Cl)cc1. The fourth-order valence-corrected chi connectivity index (χ4v) is 3.23. The average Bonchev–Trinajstić information content (AvgIpc) is 2.54. The van der Waals surface area contributed by atoms with Gasteiger partial charge in [-0.15, -0.1) is 6.58 Å². The van der Waals surface area contributed by atoms with Gasteiger partial charge in [0.2, 0.25) is 0 Å². The summed E-state index contributed by atoms with van der Waals surface area (Å²) in [5.74, 6) is 0.645. The van der Waals surface area contributed by atoms with Crippen molar-refractivity contribution in [2.45, 2.75) is 5.16 Å². The maximum Gasteiger partial charge on any atom is 0.266 e. The van der Waals surface area contributed by atoms with Crippen molar-refractivity contribution < 1.29 is 0 Å². The second kappa shape index (κ2) is 6.79. The van der Waals surface area contributed by atoms with Gasteiger partial charge in [0.1, 0.15) is 0 Å². The summed E-state index contributed by atoms with van der Waals surface area (Å²) in [6.07, 6.45) is 1.77. The fraction of sp³-hybridized carbons (Fsp3) is 0.0588. The van der Waals surface area contributed by atoms with Crippen LogP contribution in [0.1, 0.15) is 0 Å². The molecule has 3 nitrogen and oxygen atoms in total. The normalized spacial score (nSPS) is 10.9. The van der Waals surface area contributed by atoms with Crippen LogP contribution in [0.4, 0.5) is 0 Å². The van der Waals surface area contributed by atoms with Crippen molar-refractivity contribution in [3.05, 3.63) is 75.5 Å². The molecule has 0 saturated carbocycles. The van der Waals surface area contributed by atoms with Gasteiger partial charge < -0.3 is 0 Å². The average molecular weight is 363 g/mol. The molecule has 0 saturated heterocycles. The summed E-state index contributed by atoms with van der Waals surface area (Å²) in [4.78, 5) is 17.5. The van der Waals surface area contributed by atoms with Gasteiger partial charge in [-0.25, -0.2) is 4.98 Å². The smallest absolute Gasteiger partial charge is 0.266 e. The highest BCUT2D eigenvalue weighted by atomic mass is 35.5. The molecule has 0 atom stereocenters. The fourth-order valence-electron chi connectivity index (χ4n) is 2.19. The van der Waals surface area contributed by atoms with E-state index in [2.05, 4.69) is 11.6 Å². The maximum absolute atomic E-state index is 12.9. The molecule has 3 rings (SSSR count). The molecule has 0 radical (unpaired) electrons. The molecular weight excluding hydrogens is 351 g/mol.